The van der Waals surface area contributed by atoms with Gasteiger partial charge in [0.25, 0.3) is 0 Å². The highest BCUT2D eigenvalue weighted by Gasteiger charge is 2.20. The lowest BCUT2D eigenvalue weighted by atomic mass is 9.97. The predicted octanol–water partition coefficient (Wildman–Crippen LogP) is 1.14. The van der Waals surface area contributed by atoms with Crippen molar-refractivity contribution in [2.45, 2.75) is 31.9 Å². The van der Waals surface area contributed by atoms with E-state index < -0.39 is 0 Å². The molecular formula is C10H19NO2. The van der Waals surface area contributed by atoms with Gasteiger partial charge in [0, 0.05) is 19.8 Å². The molecule has 2 atom stereocenters. The molecule has 0 bridgehead atoms. The van der Waals surface area contributed by atoms with Gasteiger partial charge in [-0.1, -0.05) is 0 Å². The Kier molecular flexibility index (Phi) is 3.58. The van der Waals surface area contributed by atoms with Crippen LogP contribution in [0.15, 0.2) is 0 Å². The largest absolute Gasteiger partial charge is 0.381 e. The lowest BCUT2D eigenvalue weighted by Gasteiger charge is -2.29. The van der Waals surface area contributed by atoms with Gasteiger partial charge in [0.15, 0.2) is 0 Å². The van der Waals surface area contributed by atoms with Crippen molar-refractivity contribution in [1.29, 1.82) is 0 Å². The molecule has 0 amide bonds. The van der Waals surface area contributed by atoms with Gasteiger partial charge in [-0.05, 0) is 38.1 Å². The number of ether oxygens (including phenoxy) is 2. The topological polar surface area (TPSA) is 30.5 Å². The summed E-state index contributed by atoms with van der Waals surface area (Å²) < 4.78 is 11.1. The fraction of sp³-hybridized carbons (Fsp3) is 1.00. The molecule has 0 aromatic heterocycles. The minimum absolute atomic E-state index is 0.292. The highest BCUT2D eigenvalue weighted by Crippen LogP contribution is 2.20. The summed E-state index contributed by atoms with van der Waals surface area (Å²) >= 11 is 0. The maximum absolute atomic E-state index is 5.61. The molecule has 2 saturated heterocycles. The molecule has 0 spiro atoms. The smallest absolute Gasteiger partial charge is 0.108 e. The van der Waals surface area contributed by atoms with Crippen molar-refractivity contribution in [3.8, 4) is 0 Å². The second-order valence-corrected chi connectivity index (χ2v) is 3.99. The first-order valence-electron chi connectivity index (χ1n) is 5.38. The van der Waals surface area contributed by atoms with E-state index in [9.17, 15) is 0 Å². The molecule has 0 aromatic carbocycles. The molecule has 0 saturated carbocycles. The van der Waals surface area contributed by atoms with Gasteiger partial charge in [0.05, 0.1) is 0 Å². The van der Waals surface area contributed by atoms with E-state index in [-0.39, 0.29) is 0 Å². The van der Waals surface area contributed by atoms with E-state index in [0.717, 1.165) is 39.2 Å². The van der Waals surface area contributed by atoms with Crippen LogP contribution in [0.5, 0.6) is 0 Å². The van der Waals surface area contributed by atoms with Crippen LogP contribution in [0.25, 0.3) is 0 Å². The van der Waals surface area contributed by atoms with Crippen LogP contribution >= 0.6 is 0 Å². The van der Waals surface area contributed by atoms with Gasteiger partial charge in [-0.25, -0.2) is 0 Å². The Bertz CT molecular complexity index is 124. The van der Waals surface area contributed by atoms with Crippen LogP contribution in [0.1, 0.15) is 25.7 Å². The summed E-state index contributed by atoms with van der Waals surface area (Å²) in [6, 6.07) is 0. The molecule has 13 heavy (non-hydrogen) atoms. The van der Waals surface area contributed by atoms with E-state index in [1.165, 1.54) is 12.8 Å². The number of nitrogens with one attached hydrogen (secondary N) is 1. The molecule has 76 valence electrons. The number of hydrogen-bond acceptors (Lipinski definition) is 3. The molecule has 0 aromatic rings. The Hall–Kier alpha value is -0.120. The Morgan fingerprint density at radius 1 is 1.23 bits per heavy atom. The zero-order chi connectivity index (χ0) is 8.93. The van der Waals surface area contributed by atoms with Gasteiger partial charge in [-0.2, -0.15) is 0 Å². The Morgan fingerprint density at radius 3 is 2.92 bits per heavy atom. The van der Waals surface area contributed by atoms with Crippen molar-refractivity contribution in [3.05, 3.63) is 0 Å². The summed E-state index contributed by atoms with van der Waals surface area (Å²) in [6.07, 6.45) is 5.09. The van der Waals surface area contributed by atoms with Crippen LogP contribution in [-0.2, 0) is 9.47 Å². The van der Waals surface area contributed by atoms with Crippen molar-refractivity contribution in [1.82, 2.24) is 5.32 Å². The Labute approximate surface area is 79.8 Å². The van der Waals surface area contributed by atoms with E-state index in [1.54, 1.807) is 0 Å². The molecule has 2 aliphatic rings. The second-order valence-electron chi connectivity index (χ2n) is 3.99. The van der Waals surface area contributed by atoms with Gasteiger partial charge in [-0.3, -0.25) is 5.32 Å². The molecule has 2 aliphatic heterocycles. The molecule has 2 heterocycles. The Balaban J connectivity index is 1.69. The maximum Gasteiger partial charge on any atom is 0.108 e. The minimum atomic E-state index is 0.292. The standard InChI is InChI=1S/C10H19NO2/c1-3-9(8-12-5-1)7-10-11-4-2-6-13-10/h9-11H,1-8H2. The zero-order valence-electron chi connectivity index (χ0n) is 8.13. The van der Waals surface area contributed by atoms with Crippen molar-refractivity contribution in [2.75, 3.05) is 26.4 Å². The molecule has 0 aliphatic carbocycles. The van der Waals surface area contributed by atoms with Gasteiger partial charge >= 0.3 is 0 Å². The fourth-order valence-corrected chi connectivity index (χ4v) is 2.07. The molecule has 1 N–H and O–H groups in total. The van der Waals surface area contributed by atoms with Gasteiger partial charge in [0.2, 0.25) is 0 Å². The molecule has 2 unspecified atom stereocenters. The summed E-state index contributed by atoms with van der Waals surface area (Å²) in [5, 5.41) is 3.39. The third-order valence-corrected chi connectivity index (χ3v) is 2.81. The minimum Gasteiger partial charge on any atom is -0.381 e. The van der Waals surface area contributed by atoms with E-state index in [4.69, 9.17) is 9.47 Å². The first-order valence-corrected chi connectivity index (χ1v) is 5.38. The average molecular weight is 185 g/mol. The van der Waals surface area contributed by atoms with E-state index in [1.807, 2.05) is 0 Å². The lowest BCUT2D eigenvalue weighted by Crippen LogP contribution is -2.40. The van der Waals surface area contributed by atoms with Crippen LogP contribution in [0, 0.1) is 5.92 Å². The predicted molar refractivity (Wildman–Crippen MR) is 50.5 cm³/mol. The van der Waals surface area contributed by atoms with Crippen molar-refractivity contribution in [3.63, 3.8) is 0 Å². The lowest BCUT2D eigenvalue weighted by molar-refractivity contribution is -0.0338. The van der Waals surface area contributed by atoms with E-state index in [0.29, 0.717) is 12.1 Å². The molecule has 3 nitrogen and oxygen atoms in total. The van der Waals surface area contributed by atoms with E-state index >= 15 is 0 Å². The highest BCUT2D eigenvalue weighted by molar-refractivity contribution is 4.70. The van der Waals surface area contributed by atoms with Gasteiger partial charge in [0.1, 0.15) is 6.23 Å². The average Bonchev–Trinajstić information content (AvgIpc) is 2.21. The normalized spacial score (nSPS) is 36.0. The zero-order valence-corrected chi connectivity index (χ0v) is 8.13. The monoisotopic (exact) mass is 185 g/mol. The molecule has 2 rings (SSSR count). The van der Waals surface area contributed by atoms with Crippen molar-refractivity contribution < 1.29 is 9.47 Å². The summed E-state index contributed by atoms with van der Waals surface area (Å²) in [5.41, 5.74) is 0. The molecule has 0 radical (unpaired) electrons. The summed E-state index contributed by atoms with van der Waals surface area (Å²) in [6.45, 7) is 3.92. The van der Waals surface area contributed by atoms with Gasteiger partial charge < -0.3 is 9.47 Å². The first-order chi connectivity index (χ1) is 6.45. The summed E-state index contributed by atoms with van der Waals surface area (Å²) in [4.78, 5) is 0. The first kappa shape index (κ1) is 9.44. The number of hydrogen-bond donors (Lipinski definition) is 1. The molecule has 3 heteroatoms. The van der Waals surface area contributed by atoms with Crippen LogP contribution in [0.3, 0.4) is 0 Å². The molecular weight excluding hydrogens is 166 g/mol. The van der Waals surface area contributed by atoms with E-state index in [2.05, 4.69) is 5.32 Å². The number of rotatable bonds is 2. The summed E-state index contributed by atoms with van der Waals surface area (Å²) in [7, 11) is 0. The third-order valence-electron chi connectivity index (χ3n) is 2.81. The maximum atomic E-state index is 5.61. The second kappa shape index (κ2) is 4.94. The third kappa shape index (κ3) is 2.93. The van der Waals surface area contributed by atoms with Crippen LogP contribution in [0.4, 0.5) is 0 Å². The van der Waals surface area contributed by atoms with Crippen LogP contribution in [0.2, 0.25) is 0 Å². The van der Waals surface area contributed by atoms with Crippen LogP contribution < -0.4 is 5.32 Å². The van der Waals surface area contributed by atoms with Crippen LogP contribution in [-0.4, -0.2) is 32.6 Å². The van der Waals surface area contributed by atoms with Gasteiger partial charge in [-0.15, -0.1) is 0 Å². The summed E-state index contributed by atoms with van der Waals surface area (Å²) in [5.74, 6) is 0.712. The quantitative estimate of drug-likeness (QED) is 0.699. The molecule has 2 fully saturated rings. The van der Waals surface area contributed by atoms with Crippen molar-refractivity contribution in [2.24, 2.45) is 5.92 Å². The Morgan fingerprint density at radius 2 is 2.23 bits per heavy atom. The highest BCUT2D eigenvalue weighted by atomic mass is 16.5. The fourth-order valence-electron chi connectivity index (χ4n) is 2.07. The van der Waals surface area contributed by atoms with Crippen molar-refractivity contribution >= 4 is 0 Å². The SMILES string of the molecule is C1CNC(CC2CCCOC2)OC1.